The van der Waals surface area contributed by atoms with Crippen LogP contribution in [0.1, 0.15) is 58.3 Å². The third-order valence-corrected chi connectivity index (χ3v) is 5.76. The van der Waals surface area contributed by atoms with Gasteiger partial charge in [-0.15, -0.1) is 0 Å². The first-order valence-electron chi connectivity index (χ1n) is 9.53. The number of hydrogen-bond acceptors (Lipinski definition) is 2. The van der Waals surface area contributed by atoms with Crippen LogP contribution in [0.2, 0.25) is 0 Å². The number of carbonyl (C=O) groups is 1. The van der Waals surface area contributed by atoms with Crippen molar-refractivity contribution in [3.8, 4) is 0 Å². The Labute approximate surface area is 140 Å². The molecule has 130 valence electrons. The van der Waals surface area contributed by atoms with Gasteiger partial charge in [0.1, 0.15) is 0 Å². The molecule has 0 aromatic heterocycles. The maximum atomic E-state index is 11.6. The predicted molar refractivity (Wildman–Crippen MR) is 93.4 cm³/mol. The highest BCUT2D eigenvalue weighted by molar-refractivity contribution is 5.80. The second-order valence-corrected chi connectivity index (χ2v) is 7.45. The molecule has 5 nitrogen and oxygen atoms in total. The zero-order valence-electron chi connectivity index (χ0n) is 14.6. The number of amides is 1. The van der Waals surface area contributed by atoms with E-state index in [-0.39, 0.29) is 0 Å². The zero-order valence-corrected chi connectivity index (χ0v) is 14.6. The largest absolute Gasteiger partial charge is 0.357 e. The third-order valence-electron chi connectivity index (χ3n) is 5.76. The van der Waals surface area contributed by atoms with E-state index >= 15 is 0 Å². The van der Waals surface area contributed by atoms with Crippen molar-refractivity contribution in [2.45, 2.75) is 58.3 Å². The molecule has 1 saturated heterocycles. The molecule has 0 spiro atoms. The van der Waals surface area contributed by atoms with Gasteiger partial charge in [0.15, 0.2) is 5.96 Å². The summed E-state index contributed by atoms with van der Waals surface area (Å²) in [6.45, 7) is 6.69. The summed E-state index contributed by atoms with van der Waals surface area (Å²) in [7, 11) is 0. The number of carbonyl (C=O) groups excluding carboxylic acids is 1. The number of hydrogen-bond donors (Lipinski definition) is 2. The van der Waals surface area contributed by atoms with Crippen LogP contribution < -0.4 is 10.6 Å². The molecule has 5 heteroatoms. The van der Waals surface area contributed by atoms with Gasteiger partial charge < -0.3 is 15.5 Å². The lowest BCUT2D eigenvalue weighted by Crippen LogP contribution is -2.41. The summed E-state index contributed by atoms with van der Waals surface area (Å²) in [5, 5.41) is 6.80. The van der Waals surface area contributed by atoms with E-state index in [2.05, 4.69) is 17.6 Å². The Balaban J connectivity index is 1.40. The Bertz CT molecular complexity index is 440. The molecule has 1 amide bonds. The molecule has 0 radical (unpaired) electrons. The smallest absolute Gasteiger partial charge is 0.222 e. The predicted octanol–water partition coefficient (Wildman–Crippen LogP) is 2.13. The minimum atomic E-state index is 0.321. The molecule has 3 fully saturated rings. The number of rotatable bonds is 8. The number of guanidine groups is 1. The standard InChI is InChI=1S/C18H32N4O/c1-2-19-17(20-11-5-13-22-12-3-6-16(22)23)21-14-18(9-4-10-18)15-7-8-15/h15H,2-14H2,1H3,(H2,19,20,21). The summed E-state index contributed by atoms with van der Waals surface area (Å²) in [4.78, 5) is 18.5. The number of nitrogens with zero attached hydrogens (tertiary/aromatic N) is 2. The van der Waals surface area contributed by atoms with Gasteiger partial charge in [0.05, 0.1) is 0 Å². The first-order chi connectivity index (χ1) is 11.2. The van der Waals surface area contributed by atoms with Crippen molar-refractivity contribution in [3.63, 3.8) is 0 Å². The number of nitrogens with one attached hydrogen (secondary N) is 2. The van der Waals surface area contributed by atoms with Crippen LogP contribution in [-0.4, -0.2) is 49.5 Å². The van der Waals surface area contributed by atoms with E-state index in [1.807, 2.05) is 4.90 Å². The van der Waals surface area contributed by atoms with Crippen molar-refractivity contribution in [2.24, 2.45) is 16.3 Å². The van der Waals surface area contributed by atoms with Gasteiger partial charge in [0, 0.05) is 39.1 Å². The SMILES string of the molecule is CCNC(=NCC1(C2CC2)CCC1)NCCCN1CCCC1=O. The second-order valence-electron chi connectivity index (χ2n) is 7.45. The van der Waals surface area contributed by atoms with Crippen LogP contribution in [0.3, 0.4) is 0 Å². The molecule has 0 aromatic carbocycles. The summed E-state index contributed by atoms with van der Waals surface area (Å²) in [5.41, 5.74) is 0.532. The van der Waals surface area contributed by atoms with Gasteiger partial charge in [0.25, 0.3) is 0 Å². The summed E-state index contributed by atoms with van der Waals surface area (Å²) >= 11 is 0. The summed E-state index contributed by atoms with van der Waals surface area (Å²) in [6, 6.07) is 0. The van der Waals surface area contributed by atoms with Gasteiger partial charge in [-0.1, -0.05) is 6.42 Å². The Morgan fingerprint density at radius 1 is 1.30 bits per heavy atom. The van der Waals surface area contributed by atoms with Gasteiger partial charge in [0.2, 0.25) is 5.91 Å². The van der Waals surface area contributed by atoms with Crippen LogP contribution in [-0.2, 0) is 4.79 Å². The van der Waals surface area contributed by atoms with E-state index in [9.17, 15) is 4.79 Å². The van der Waals surface area contributed by atoms with E-state index < -0.39 is 0 Å². The minimum Gasteiger partial charge on any atom is -0.357 e. The van der Waals surface area contributed by atoms with Gasteiger partial charge in [-0.3, -0.25) is 9.79 Å². The first-order valence-corrected chi connectivity index (χ1v) is 9.53. The lowest BCUT2D eigenvalue weighted by Gasteiger charge is -2.41. The molecule has 23 heavy (non-hydrogen) atoms. The Morgan fingerprint density at radius 3 is 2.70 bits per heavy atom. The van der Waals surface area contributed by atoms with Gasteiger partial charge in [-0.2, -0.15) is 0 Å². The summed E-state index contributed by atoms with van der Waals surface area (Å²) < 4.78 is 0. The monoisotopic (exact) mass is 320 g/mol. The van der Waals surface area contributed by atoms with Crippen LogP contribution in [0.25, 0.3) is 0 Å². The molecule has 2 saturated carbocycles. The van der Waals surface area contributed by atoms with Crippen molar-refractivity contribution < 1.29 is 4.79 Å². The van der Waals surface area contributed by atoms with Crippen LogP contribution in [0.15, 0.2) is 4.99 Å². The fraction of sp³-hybridized carbons (Fsp3) is 0.889. The number of likely N-dealkylation sites (tertiary alicyclic amines) is 1. The van der Waals surface area contributed by atoms with Crippen LogP contribution in [0.4, 0.5) is 0 Å². The van der Waals surface area contributed by atoms with Crippen LogP contribution in [0.5, 0.6) is 0 Å². The third kappa shape index (κ3) is 4.18. The molecular formula is C18H32N4O. The molecule has 3 aliphatic rings. The Hall–Kier alpha value is -1.26. The molecule has 3 rings (SSSR count). The van der Waals surface area contributed by atoms with Gasteiger partial charge >= 0.3 is 0 Å². The van der Waals surface area contributed by atoms with Crippen LogP contribution >= 0.6 is 0 Å². The molecule has 1 heterocycles. The molecule has 0 aromatic rings. The van der Waals surface area contributed by atoms with Crippen molar-refractivity contribution in [1.82, 2.24) is 15.5 Å². The van der Waals surface area contributed by atoms with Gasteiger partial charge in [-0.05, 0) is 56.8 Å². The lowest BCUT2D eigenvalue weighted by atomic mass is 9.65. The molecule has 0 bridgehead atoms. The number of aliphatic imine (C=N–C) groups is 1. The van der Waals surface area contributed by atoms with Gasteiger partial charge in [-0.25, -0.2) is 0 Å². The molecule has 1 aliphatic heterocycles. The normalized spacial score (nSPS) is 23.8. The Kier molecular flexibility index (Phi) is 5.44. The van der Waals surface area contributed by atoms with E-state index in [1.54, 1.807) is 0 Å². The fourth-order valence-electron chi connectivity index (χ4n) is 4.02. The quantitative estimate of drug-likeness (QED) is 0.409. The summed E-state index contributed by atoms with van der Waals surface area (Å²) in [5.74, 6) is 2.22. The lowest BCUT2D eigenvalue weighted by molar-refractivity contribution is -0.127. The molecule has 0 unspecified atom stereocenters. The zero-order chi connectivity index (χ0) is 16.1. The van der Waals surface area contributed by atoms with Crippen molar-refractivity contribution in [3.05, 3.63) is 0 Å². The summed E-state index contributed by atoms with van der Waals surface area (Å²) in [6.07, 6.45) is 9.73. The average molecular weight is 320 g/mol. The molecular weight excluding hydrogens is 288 g/mol. The highest BCUT2D eigenvalue weighted by Gasteiger charge is 2.48. The molecule has 2 N–H and O–H groups in total. The van der Waals surface area contributed by atoms with Crippen molar-refractivity contribution >= 4 is 11.9 Å². The Morgan fingerprint density at radius 2 is 2.13 bits per heavy atom. The van der Waals surface area contributed by atoms with Crippen molar-refractivity contribution in [2.75, 3.05) is 32.7 Å². The maximum absolute atomic E-state index is 11.6. The molecule has 0 atom stereocenters. The second kappa shape index (κ2) is 7.54. The van der Waals surface area contributed by atoms with E-state index in [0.29, 0.717) is 11.3 Å². The highest BCUT2D eigenvalue weighted by atomic mass is 16.2. The highest BCUT2D eigenvalue weighted by Crippen LogP contribution is 2.57. The van der Waals surface area contributed by atoms with Crippen LogP contribution in [0, 0.1) is 11.3 Å². The van der Waals surface area contributed by atoms with E-state index in [0.717, 1.165) is 63.9 Å². The molecule has 2 aliphatic carbocycles. The van der Waals surface area contributed by atoms with E-state index in [1.165, 1.54) is 32.1 Å². The minimum absolute atomic E-state index is 0.321. The van der Waals surface area contributed by atoms with E-state index in [4.69, 9.17) is 4.99 Å². The topological polar surface area (TPSA) is 56.7 Å². The van der Waals surface area contributed by atoms with Crippen molar-refractivity contribution in [1.29, 1.82) is 0 Å². The first kappa shape index (κ1) is 16.6. The average Bonchev–Trinajstić information content (AvgIpc) is 3.26. The maximum Gasteiger partial charge on any atom is 0.222 e. The fourth-order valence-corrected chi connectivity index (χ4v) is 4.02.